The van der Waals surface area contributed by atoms with Crippen LogP contribution in [0.25, 0.3) is 0 Å². The third-order valence-electron chi connectivity index (χ3n) is 4.93. The van der Waals surface area contributed by atoms with Crippen molar-refractivity contribution in [1.29, 1.82) is 0 Å². The number of hydrogen-bond acceptors (Lipinski definition) is 3. The second-order valence-corrected chi connectivity index (χ2v) is 8.06. The lowest BCUT2D eigenvalue weighted by atomic mass is 9.66. The van der Waals surface area contributed by atoms with E-state index >= 15 is 0 Å². The van der Waals surface area contributed by atoms with Crippen molar-refractivity contribution >= 4 is 6.09 Å². The Kier molecular flexibility index (Phi) is 4.07. The first-order chi connectivity index (χ1) is 9.23. The molecule has 0 unspecified atom stereocenters. The first-order valence-corrected chi connectivity index (χ1v) is 7.91. The summed E-state index contributed by atoms with van der Waals surface area (Å²) in [4.78, 5) is 14.1. The maximum Gasteiger partial charge on any atom is 0.410 e. The minimum absolute atomic E-state index is 0.106. The minimum atomic E-state index is -0.282. The molecule has 0 radical (unpaired) electrons. The number of nitrogens with two attached hydrogens (primary N) is 1. The van der Waals surface area contributed by atoms with Gasteiger partial charge in [0.15, 0.2) is 0 Å². The van der Waals surface area contributed by atoms with E-state index in [-0.39, 0.29) is 22.5 Å². The molecule has 0 aromatic rings. The van der Waals surface area contributed by atoms with Gasteiger partial charge in [0.2, 0.25) is 0 Å². The smallest absolute Gasteiger partial charge is 0.410 e. The Balaban J connectivity index is 2.11. The molecule has 1 saturated carbocycles. The fourth-order valence-electron chi connectivity index (χ4n) is 3.88. The zero-order chi connectivity index (χ0) is 15.0. The van der Waals surface area contributed by atoms with Crippen LogP contribution in [-0.2, 0) is 4.74 Å². The summed E-state index contributed by atoms with van der Waals surface area (Å²) >= 11 is 0. The molecule has 1 saturated heterocycles. The maximum atomic E-state index is 12.2. The molecule has 4 heteroatoms. The maximum absolute atomic E-state index is 12.2. The first kappa shape index (κ1) is 15.6. The lowest BCUT2D eigenvalue weighted by Gasteiger charge is -2.44. The van der Waals surface area contributed by atoms with Gasteiger partial charge in [-0.15, -0.1) is 0 Å². The summed E-state index contributed by atoms with van der Waals surface area (Å²) in [5.41, 5.74) is 6.00. The molecule has 20 heavy (non-hydrogen) atoms. The summed E-state index contributed by atoms with van der Waals surface area (Å²) in [6, 6.07) is 0. The van der Waals surface area contributed by atoms with Crippen LogP contribution in [0.2, 0.25) is 0 Å². The summed E-state index contributed by atoms with van der Waals surface area (Å²) in [6.07, 6.45) is 5.13. The summed E-state index contributed by atoms with van der Waals surface area (Å²) < 4.78 is 5.84. The van der Waals surface area contributed by atoms with Gasteiger partial charge in [0, 0.05) is 6.54 Å². The number of nitrogens with zero attached hydrogens (tertiary/aromatic N) is 1. The van der Waals surface area contributed by atoms with Gasteiger partial charge < -0.3 is 15.4 Å². The van der Waals surface area contributed by atoms with Gasteiger partial charge in [0.05, 0.1) is 6.54 Å². The highest BCUT2D eigenvalue weighted by Gasteiger charge is 2.51. The molecule has 1 spiro atoms. The van der Waals surface area contributed by atoms with Crippen molar-refractivity contribution in [1.82, 2.24) is 4.90 Å². The van der Waals surface area contributed by atoms with Gasteiger partial charge in [-0.2, -0.15) is 0 Å². The molecule has 2 rings (SSSR count). The van der Waals surface area contributed by atoms with Crippen LogP contribution in [0, 0.1) is 10.8 Å². The molecule has 2 atom stereocenters. The van der Waals surface area contributed by atoms with Crippen molar-refractivity contribution in [3.63, 3.8) is 0 Å². The molecule has 0 bridgehead atoms. The van der Waals surface area contributed by atoms with E-state index in [1.807, 2.05) is 4.90 Å². The fraction of sp³-hybridized carbons (Fsp3) is 0.938. The monoisotopic (exact) mass is 282 g/mol. The van der Waals surface area contributed by atoms with Crippen LogP contribution in [-0.4, -0.2) is 36.2 Å². The van der Waals surface area contributed by atoms with Crippen LogP contribution in [0.4, 0.5) is 4.79 Å². The Bertz CT molecular complexity index is 371. The molecule has 0 aromatic carbocycles. The molecule has 1 amide bonds. The van der Waals surface area contributed by atoms with Gasteiger partial charge in [0.25, 0.3) is 0 Å². The van der Waals surface area contributed by atoms with Gasteiger partial charge >= 0.3 is 6.09 Å². The number of rotatable bonds is 3. The second kappa shape index (κ2) is 5.21. The van der Waals surface area contributed by atoms with Crippen molar-refractivity contribution in [2.75, 3.05) is 19.6 Å². The van der Waals surface area contributed by atoms with E-state index in [1.165, 1.54) is 6.42 Å². The molecule has 1 aliphatic heterocycles. The average molecular weight is 282 g/mol. The summed E-state index contributed by atoms with van der Waals surface area (Å²) in [5.74, 6) is 0. The number of carbonyl (C=O) groups is 1. The van der Waals surface area contributed by atoms with Crippen molar-refractivity contribution in [2.45, 2.75) is 65.4 Å². The van der Waals surface area contributed by atoms with E-state index in [9.17, 15) is 4.79 Å². The normalized spacial score (nSPS) is 34.6. The number of ether oxygens (including phenoxy) is 1. The van der Waals surface area contributed by atoms with Gasteiger partial charge in [-0.05, 0) is 49.5 Å². The lowest BCUT2D eigenvalue weighted by molar-refractivity contribution is -0.0264. The number of hydrogen-bond donors (Lipinski definition) is 1. The molecular weight excluding hydrogens is 252 g/mol. The van der Waals surface area contributed by atoms with Gasteiger partial charge in [0.1, 0.15) is 5.60 Å². The molecule has 4 nitrogen and oxygen atoms in total. The minimum Gasteiger partial charge on any atom is -0.441 e. The quantitative estimate of drug-likeness (QED) is 0.865. The van der Waals surface area contributed by atoms with E-state index < -0.39 is 0 Å². The average Bonchev–Trinajstić information content (AvgIpc) is 2.63. The molecule has 1 heterocycles. The van der Waals surface area contributed by atoms with Crippen LogP contribution < -0.4 is 5.73 Å². The Morgan fingerprint density at radius 3 is 2.60 bits per heavy atom. The van der Waals surface area contributed by atoms with Crippen molar-refractivity contribution in [3.8, 4) is 0 Å². The van der Waals surface area contributed by atoms with E-state index in [4.69, 9.17) is 10.5 Å². The second-order valence-electron chi connectivity index (χ2n) is 8.06. The Hall–Kier alpha value is -0.770. The zero-order valence-electron chi connectivity index (χ0n) is 13.5. The summed E-state index contributed by atoms with van der Waals surface area (Å²) in [5, 5.41) is 0. The highest BCUT2D eigenvalue weighted by Crippen LogP contribution is 2.47. The molecule has 2 N–H and O–H groups in total. The summed E-state index contributed by atoms with van der Waals surface area (Å²) in [6.45, 7) is 10.9. The molecular formula is C16H30N2O2. The molecule has 1 aliphatic carbocycles. The highest BCUT2D eigenvalue weighted by molar-refractivity contribution is 5.70. The van der Waals surface area contributed by atoms with Crippen LogP contribution in [0.3, 0.4) is 0 Å². The molecule has 0 aromatic heterocycles. The zero-order valence-corrected chi connectivity index (χ0v) is 13.5. The van der Waals surface area contributed by atoms with Crippen LogP contribution in [0.15, 0.2) is 0 Å². The van der Waals surface area contributed by atoms with E-state index in [1.54, 1.807) is 0 Å². The SMILES string of the molecule is CC[C@]1(CN)CCC[C@@]2(CN(CC(C)(C)C)C(=O)O2)C1. The number of amides is 1. The van der Waals surface area contributed by atoms with E-state index in [0.717, 1.165) is 38.8 Å². The first-order valence-electron chi connectivity index (χ1n) is 7.91. The van der Waals surface area contributed by atoms with E-state index in [0.29, 0.717) is 6.54 Å². The standard InChI is InChI=1S/C16H30N2O2/c1-5-15(10-17)7-6-8-16(9-15)12-18(13(19)20-16)11-14(2,3)4/h5-12,17H2,1-4H3/t15-,16-/m0/s1. The lowest BCUT2D eigenvalue weighted by Crippen LogP contribution is -2.47. The predicted octanol–water partition coefficient (Wildman–Crippen LogP) is 3.15. The largest absolute Gasteiger partial charge is 0.441 e. The van der Waals surface area contributed by atoms with Crippen molar-refractivity contribution in [2.24, 2.45) is 16.6 Å². The summed E-state index contributed by atoms with van der Waals surface area (Å²) in [7, 11) is 0. The van der Waals surface area contributed by atoms with Gasteiger partial charge in [-0.25, -0.2) is 4.79 Å². The van der Waals surface area contributed by atoms with Crippen LogP contribution >= 0.6 is 0 Å². The Morgan fingerprint density at radius 2 is 2.05 bits per heavy atom. The van der Waals surface area contributed by atoms with Gasteiger partial charge in [-0.3, -0.25) is 0 Å². The molecule has 2 aliphatic rings. The Labute approximate surface area is 123 Å². The van der Waals surface area contributed by atoms with E-state index in [2.05, 4.69) is 27.7 Å². The highest BCUT2D eigenvalue weighted by atomic mass is 16.6. The van der Waals surface area contributed by atoms with Crippen LogP contribution in [0.5, 0.6) is 0 Å². The van der Waals surface area contributed by atoms with Crippen molar-refractivity contribution < 1.29 is 9.53 Å². The predicted molar refractivity (Wildman–Crippen MR) is 80.5 cm³/mol. The molecule has 2 fully saturated rings. The van der Waals surface area contributed by atoms with Crippen LogP contribution in [0.1, 0.15) is 59.8 Å². The van der Waals surface area contributed by atoms with Gasteiger partial charge in [-0.1, -0.05) is 27.7 Å². The third kappa shape index (κ3) is 3.11. The van der Waals surface area contributed by atoms with Crippen molar-refractivity contribution in [3.05, 3.63) is 0 Å². The fourth-order valence-corrected chi connectivity index (χ4v) is 3.88. The third-order valence-corrected chi connectivity index (χ3v) is 4.93. The Morgan fingerprint density at radius 1 is 1.35 bits per heavy atom. The number of carbonyl (C=O) groups excluding carboxylic acids is 1. The topological polar surface area (TPSA) is 55.6 Å². The molecule has 116 valence electrons.